The normalized spacial score (nSPS) is 12.2. The molecule has 0 spiro atoms. The molecule has 0 aliphatic heterocycles. The fourth-order valence-corrected chi connectivity index (χ4v) is 4.48. The summed E-state index contributed by atoms with van der Waals surface area (Å²) in [5.74, 6) is 0.214. The van der Waals surface area contributed by atoms with E-state index in [1.807, 2.05) is 6.92 Å². The van der Waals surface area contributed by atoms with E-state index in [-0.39, 0.29) is 23.7 Å². The number of sulfonamides is 1. The highest BCUT2D eigenvalue weighted by Gasteiger charge is 2.20. The van der Waals surface area contributed by atoms with E-state index in [1.165, 1.54) is 30.7 Å². The molecule has 0 saturated heterocycles. The van der Waals surface area contributed by atoms with Crippen molar-refractivity contribution in [1.29, 1.82) is 0 Å². The van der Waals surface area contributed by atoms with Gasteiger partial charge < -0.3 is 15.6 Å². The third kappa shape index (κ3) is 5.56. The van der Waals surface area contributed by atoms with Gasteiger partial charge in [0.05, 0.1) is 29.5 Å². The van der Waals surface area contributed by atoms with Crippen molar-refractivity contribution in [2.75, 3.05) is 19.4 Å². The predicted molar refractivity (Wildman–Crippen MR) is 120 cm³/mol. The number of hydrogen-bond acceptors (Lipinski definition) is 9. The van der Waals surface area contributed by atoms with E-state index < -0.39 is 15.6 Å². The number of aromatic nitrogens is 3. The topological polar surface area (TPSA) is 140 Å². The van der Waals surface area contributed by atoms with Crippen LogP contribution in [-0.2, 0) is 10.0 Å². The molecule has 0 radical (unpaired) electrons. The van der Waals surface area contributed by atoms with Gasteiger partial charge >= 0.3 is 0 Å². The van der Waals surface area contributed by atoms with E-state index in [0.29, 0.717) is 27.8 Å². The number of hydrogen-bond donors (Lipinski definition) is 3. The van der Waals surface area contributed by atoms with Crippen molar-refractivity contribution in [3.05, 3.63) is 35.3 Å². The Balaban J connectivity index is 1.96. The molecule has 0 saturated carbocycles. The monoisotopic (exact) mass is 463 g/mol. The molecule has 3 aromatic rings. The SMILES string of the molecule is COc1nc(-c2nc(-c3cc(S(=O)(=O)NCCC(C)(C)O)ccc3C)cnc2N)cs1. The molecule has 2 aromatic heterocycles. The van der Waals surface area contributed by atoms with Gasteiger partial charge in [0.25, 0.3) is 5.19 Å². The van der Waals surface area contributed by atoms with Crippen LogP contribution in [0.1, 0.15) is 25.8 Å². The molecule has 11 heteroatoms. The molecule has 3 rings (SSSR count). The summed E-state index contributed by atoms with van der Waals surface area (Å²) in [4.78, 5) is 13.2. The Labute approximate surface area is 185 Å². The van der Waals surface area contributed by atoms with Crippen molar-refractivity contribution < 1.29 is 18.3 Å². The highest BCUT2D eigenvalue weighted by atomic mass is 32.2. The Morgan fingerprint density at radius 2 is 2.00 bits per heavy atom. The number of nitrogen functional groups attached to an aromatic ring is 1. The average molecular weight is 464 g/mol. The highest BCUT2D eigenvalue weighted by Crippen LogP contribution is 2.31. The van der Waals surface area contributed by atoms with Gasteiger partial charge in [-0.25, -0.2) is 28.1 Å². The Morgan fingerprint density at radius 1 is 1.26 bits per heavy atom. The number of benzene rings is 1. The van der Waals surface area contributed by atoms with Crippen molar-refractivity contribution >= 4 is 27.2 Å². The molecular formula is C20H25N5O4S2. The number of rotatable bonds is 8. The summed E-state index contributed by atoms with van der Waals surface area (Å²) in [6, 6.07) is 4.79. The molecule has 0 unspecified atom stereocenters. The molecule has 1 aromatic carbocycles. The van der Waals surface area contributed by atoms with Crippen molar-refractivity contribution in [1.82, 2.24) is 19.7 Å². The quantitative estimate of drug-likeness (QED) is 0.463. The lowest BCUT2D eigenvalue weighted by atomic mass is 10.1. The summed E-state index contributed by atoms with van der Waals surface area (Å²) in [5, 5.41) is 12.0. The molecule has 166 valence electrons. The Bertz CT molecular complexity index is 1190. The minimum Gasteiger partial charge on any atom is -0.473 e. The first-order chi connectivity index (χ1) is 14.5. The second-order valence-electron chi connectivity index (χ2n) is 7.63. The maximum absolute atomic E-state index is 12.7. The number of thiazole rings is 1. The number of nitrogens with one attached hydrogen (secondary N) is 1. The number of aryl methyl sites for hydroxylation is 1. The van der Waals surface area contributed by atoms with E-state index in [2.05, 4.69) is 19.7 Å². The third-order valence-corrected chi connectivity index (χ3v) is 6.78. The zero-order valence-corrected chi connectivity index (χ0v) is 19.3. The van der Waals surface area contributed by atoms with Gasteiger partial charge in [0.2, 0.25) is 10.0 Å². The predicted octanol–water partition coefficient (Wildman–Crippen LogP) is 2.61. The molecule has 0 atom stereocenters. The smallest absolute Gasteiger partial charge is 0.273 e. The number of anilines is 1. The van der Waals surface area contributed by atoms with Crippen LogP contribution in [0, 0.1) is 6.92 Å². The van der Waals surface area contributed by atoms with Gasteiger partial charge in [0.15, 0.2) is 5.82 Å². The first kappa shape index (κ1) is 23.1. The van der Waals surface area contributed by atoms with Crippen molar-refractivity contribution in [3.8, 4) is 27.8 Å². The van der Waals surface area contributed by atoms with Crippen LogP contribution in [0.4, 0.5) is 5.82 Å². The zero-order valence-electron chi connectivity index (χ0n) is 17.7. The van der Waals surface area contributed by atoms with Crippen LogP contribution in [0.2, 0.25) is 0 Å². The molecule has 0 bridgehead atoms. The van der Waals surface area contributed by atoms with Gasteiger partial charge in [0, 0.05) is 17.5 Å². The van der Waals surface area contributed by atoms with Crippen LogP contribution in [0.25, 0.3) is 22.6 Å². The summed E-state index contributed by atoms with van der Waals surface area (Å²) in [6.07, 6.45) is 1.79. The number of methoxy groups -OCH3 is 1. The van der Waals surface area contributed by atoms with Gasteiger partial charge in [-0.15, -0.1) is 0 Å². The first-order valence-corrected chi connectivity index (χ1v) is 11.8. The van der Waals surface area contributed by atoms with Crippen LogP contribution >= 0.6 is 11.3 Å². The fraction of sp³-hybridized carbons (Fsp3) is 0.350. The highest BCUT2D eigenvalue weighted by molar-refractivity contribution is 7.89. The van der Waals surface area contributed by atoms with Gasteiger partial charge in [0.1, 0.15) is 11.4 Å². The van der Waals surface area contributed by atoms with Crippen molar-refractivity contribution in [2.24, 2.45) is 0 Å². The van der Waals surface area contributed by atoms with Crippen molar-refractivity contribution in [2.45, 2.75) is 37.7 Å². The molecule has 0 amide bonds. The van der Waals surface area contributed by atoms with Crippen LogP contribution in [-0.4, -0.2) is 47.7 Å². The number of aliphatic hydroxyl groups is 1. The molecule has 0 aliphatic rings. The number of nitrogens with zero attached hydrogens (tertiary/aromatic N) is 3. The molecule has 9 nitrogen and oxygen atoms in total. The molecule has 0 aliphatic carbocycles. The standard InChI is InChI=1S/C20H25N5O4S2/c1-12-5-6-13(31(27,28)23-8-7-20(2,3)26)9-14(12)15-10-22-18(21)17(24-15)16-11-30-19(25-16)29-4/h5-6,9-11,23,26H,7-8H2,1-4H3,(H2,21,22). The molecule has 2 heterocycles. The lowest BCUT2D eigenvalue weighted by molar-refractivity contribution is 0.0728. The van der Waals surface area contributed by atoms with Gasteiger partial charge in [-0.2, -0.15) is 0 Å². The first-order valence-electron chi connectivity index (χ1n) is 9.45. The maximum Gasteiger partial charge on any atom is 0.273 e. The van der Waals surface area contributed by atoms with Crippen LogP contribution < -0.4 is 15.2 Å². The summed E-state index contributed by atoms with van der Waals surface area (Å²) < 4.78 is 33.1. The second-order valence-corrected chi connectivity index (χ2v) is 10.2. The van der Waals surface area contributed by atoms with E-state index >= 15 is 0 Å². The Morgan fingerprint density at radius 3 is 2.65 bits per heavy atom. The van der Waals surface area contributed by atoms with Crippen molar-refractivity contribution in [3.63, 3.8) is 0 Å². The average Bonchev–Trinajstić information content (AvgIpc) is 3.16. The summed E-state index contributed by atoms with van der Waals surface area (Å²) >= 11 is 1.31. The maximum atomic E-state index is 12.7. The largest absolute Gasteiger partial charge is 0.473 e. The van der Waals surface area contributed by atoms with Crippen LogP contribution in [0.15, 0.2) is 34.7 Å². The second kappa shape index (κ2) is 8.87. The summed E-state index contributed by atoms with van der Waals surface area (Å²) in [7, 11) is -2.23. The molecule has 31 heavy (non-hydrogen) atoms. The number of ether oxygens (including phenoxy) is 1. The summed E-state index contributed by atoms with van der Waals surface area (Å²) in [5.41, 5.74) is 7.88. The number of nitrogens with two attached hydrogens (primary N) is 1. The molecule has 0 fully saturated rings. The van der Waals surface area contributed by atoms with Crippen LogP contribution in [0.3, 0.4) is 0 Å². The van der Waals surface area contributed by atoms with Crippen LogP contribution in [0.5, 0.6) is 5.19 Å². The van der Waals surface area contributed by atoms with Gasteiger partial charge in [-0.1, -0.05) is 17.4 Å². The Hall–Kier alpha value is -2.60. The van der Waals surface area contributed by atoms with Gasteiger partial charge in [-0.05, 0) is 44.9 Å². The zero-order chi connectivity index (χ0) is 22.8. The minimum atomic E-state index is -3.76. The molecule has 4 N–H and O–H groups in total. The summed E-state index contributed by atoms with van der Waals surface area (Å²) in [6.45, 7) is 5.23. The van der Waals surface area contributed by atoms with E-state index in [1.54, 1.807) is 31.4 Å². The lowest BCUT2D eigenvalue weighted by Crippen LogP contribution is -2.30. The van der Waals surface area contributed by atoms with E-state index in [9.17, 15) is 13.5 Å². The van der Waals surface area contributed by atoms with Gasteiger partial charge in [-0.3, -0.25) is 0 Å². The van der Waals surface area contributed by atoms with E-state index in [4.69, 9.17) is 10.5 Å². The third-order valence-electron chi connectivity index (χ3n) is 4.53. The fourth-order valence-electron chi connectivity index (χ4n) is 2.80. The molecular weight excluding hydrogens is 438 g/mol. The minimum absolute atomic E-state index is 0.0966. The Kier molecular flexibility index (Phi) is 6.60. The van der Waals surface area contributed by atoms with E-state index in [0.717, 1.165) is 5.56 Å². The lowest BCUT2D eigenvalue weighted by Gasteiger charge is -2.17.